The summed E-state index contributed by atoms with van der Waals surface area (Å²) in [7, 11) is 0. The molecule has 2 aromatic heterocycles. The normalized spacial score (nSPS) is 20.1. The number of hydrogen-bond acceptors (Lipinski definition) is 3. The summed E-state index contributed by atoms with van der Waals surface area (Å²) in [5.41, 5.74) is 4.15. The molecule has 0 amide bonds. The molecule has 0 atom stereocenters. The van der Waals surface area contributed by atoms with Crippen LogP contribution in [0.3, 0.4) is 0 Å². The topological polar surface area (TPSA) is 39.1 Å². The van der Waals surface area contributed by atoms with Crippen LogP contribution in [0, 0.1) is 6.92 Å². The Morgan fingerprint density at radius 3 is 2.43 bits per heavy atom. The van der Waals surface area contributed by atoms with Crippen LogP contribution in [0.2, 0.25) is 0 Å². The first kappa shape index (κ1) is 19.4. The molecule has 1 aliphatic rings. The number of rotatable bonds is 5. The Kier molecular flexibility index (Phi) is 5.67. The van der Waals surface area contributed by atoms with E-state index in [9.17, 15) is 4.79 Å². The zero-order valence-electron chi connectivity index (χ0n) is 17.0. The van der Waals surface area contributed by atoms with E-state index in [1.807, 2.05) is 17.4 Å². The molecular formula is C23H30N2O2S+2. The third-order valence-corrected chi connectivity index (χ3v) is 6.82. The summed E-state index contributed by atoms with van der Waals surface area (Å²) in [4.78, 5) is 16.8. The van der Waals surface area contributed by atoms with Gasteiger partial charge in [-0.25, -0.2) is 4.79 Å². The third-order valence-electron chi connectivity index (χ3n) is 5.95. The number of thiophene rings is 1. The molecule has 0 aliphatic carbocycles. The van der Waals surface area contributed by atoms with Gasteiger partial charge in [-0.2, -0.15) is 0 Å². The molecule has 1 aliphatic heterocycles. The lowest BCUT2D eigenvalue weighted by atomic mass is 9.95. The first-order chi connectivity index (χ1) is 13.5. The predicted molar refractivity (Wildman–Crippen MR) is 114 cm³/mol. The van der Waals surface area contributed by atoms with Gasteiger partial charge in [0.05, 0.1) is 4.88 Å². The number of benzene rings is 1. The molecule has 1 saturated heterocycles. The average Bonchev–Trinajstić information content (AvgIpc) is 3.15. The van der Waals surface area contributed by atoms with E-state index in [-0.39, 0.29) is 5.63 Å². The Hall–Kier alpha value is -1.95. The van der Waals surface area contributed by atoms with Gasteiger partial charge in [0, 0.05) is 17.0 Å². The van der Waals surface area contributed by atoms with E-state index in [1.54, 1.807) is 15.9 Å². The highest BCUT2D eigenvalue weighted by molar-refractivity contribution is 7.09. The van der Waals surface area contributed by atoms with Crippen LogP contribution in [0.15, 0.2) is 44.9 Å². The van der Waals surface area contributed by atoms with Crippen LogP contribution in [0.4, 0.5) is 0 Å². The van der Waals surface area contributed by atoms with Gasteiger partial charge in [-0.3, -0.25) is 0 Å². The van der Waals surface area contributed by atoms with Crippen molar-refractivity contribution >= 4 is 22.3 Å². The van der Waals surface area contributed by atoms with Crippen molar-refractivity contribution in [3.63, 3.8) is 0 Å². The van der Waals surface area contributed by atoms with E-state index < -0.39 is 0 Å². The van der Waals surface area contributed by atoms with Crippen molar-refractivity contribution in [1.82, 2.24) is 0 Å². The molecule has 0 spiro atoms. The van der Waals surface area contributed by atoms with Gasteiger partial charge < -0.3 is 14.2 Å². The highest BCUT2D eigenvalue weighted by atomic mass is 32.1. The van der Waals surface area contributed by atoms with Crippen LogP contribution in [-0.4, -0.2) is 26.2 Å². The van der Waals surface area contributed by atoms with E-state index in [0.29, 0.717) is 5.92 Å². The van der Waals surface area contributed by atoms with Gasteiger partial charge in [0.15, 0.2) is 0 Å². The zero-order chi connectivity index (χ0) is 19.7. The lowest BCUT2D eigenvalue weighted by Crippen LogP contribution is -3.27. The van der Waals surface area contributed by atoms with Gasteiger partial charge in [0.25, 0.3) is 0 Å². The van der Waals surface area contributed by atoms with Gasteiger partial charge in [0.2, 0.25) is 0 Å². The van der Waals surface area contributed by atoms with Crippen LogP contribution in [0.1, 0.15) is 41.3 Å². The van der Waals surface area contributed by atoms with Crippen LogP contribution in [0.25, 0.3) is 11.0 Å². The maximum absolute atomic E-state index is 12.1. The molecule has 5 heteroatoms. The average molecular weight is 399 g/mol. The van der Waals surface area contributed by atoms with E-state index in [1.165, 1.54) is 29.1 Å². The fraction of sp³-hybridized carbons (Fsp3) is 0.435. The van der Waals surface area contributed by atoms with Crippen molar-refractivity contribution in [3.05, 3.63) is 67.7 Å². The Bertz CT molecular complexity index is 999. The van der Waals surface area contributed by atoms with Gasteiger partial charge >= 0.3 is 5.63 Å². The molecule has 0 bridgehead atoms. The predicted octanol–water partition coefficient (Wildman–Crippen LogP) is 1.77. The Balaban J connectivity index is 1.51. The highest BCUT2D eigenvalue weighted by Gasteiger charge is 2.24. The third kappa shape index (κ3) is 4.22. The number of piperazine rings is 1. The van der Waals surface area contributed by atoms with Crippen molar-refractivity contribution in [2.24, 2.45) is 0 Å². The summed E-state index contributed by atoms with van der Waals surface area (Å²) in [5.74, 6) is 0.459. The molecule has 1 fully saturated rings. The van der Waals surface area contributed by atoms with Gasteiger partial charge in [0.1, 0.15) is 44.9 Å². The summed E-state index contributed by atoms with van der Waals surface area (Å²) in [6.07, 6.45) is 0. The molecule has 4 rings (SSSR count). The highest BCUT2D eigenvalue weighted by Crippen LogP contribution is 2.26. The lowest BCUT2D eigenvalue weighted by Gasteiger charge is -2.29. The number of hydrogen-bond donors (Lipinski definition) is 2. The molecule has 4 nitrogen and oxygen atoms in total. The van der Waals surface area contributed by atoms with Crippen LogP contribution in [-0.2, 0) is 13.1 Å². The summed E-state index contributed by atoms with van der Waals surface area (Å²) < 4.78 is 5.52. The van der Waals surface area contributed by atoms with Gasteiger partial charge in [-0.1, -0.05) is 19.9 Å². The van der Waals surface area contributed by atoms with Crippen molar-refractivity contribution in [1.29, 1.82) is 0 Å². The lowest BCUT2D eigenvalue weighted by molar-refractivity contribution is -1.02. The minimum Gasteiger partial charge on any atom is -0.423 e. The van der Waals surface area contributed by atoms with E-state index in [2.05, 4.69) is 44.4 Å². The smallest absolute Gasteiger partial charge is 0.336 e. The quantitative estimate of drug-likeness (QED) is 0.643. The molecule has 28 heavy (non-hydrogen) atoms. The van der Waals surface area contributed by atoms with E-state index in [0.717, 1.165) is 42.7 Å². The second-order valence-electron chi connectivity index (χ2n) is 8.38. The van der Waals surface area contributed by atoms with Gasteiger partial charge in [-0.15, -0.1) is 11.3 Å². The SMILES string of the molecule is Cc1cc2oc(=O)cc(C[NH+]3CC[NH+](Cc4cccs4)CC3)c2cc1C(C)C. The molecule has 3 heterocycles. The molecule has 2 N–H and O–H groups in total. The summed E-state index contributed by atoms with van der Waals surface area (Å²) in [6.45, 7) is 13.2. The number of nitrogens with one attached hydrogen (secondary N) is 2. The fourth-order valence-corrected chi connectivity index (χ4v) is 5.18. The Labute approximate surface area is 170 Å². The standard InChI is InChI=1S/C23H28N2O2S/c1-16(2)20-13-21-18(12-23(26)27-22(21)11-17(20)3)14-24-6-8-25(9-7-24)15-19-5-4-10-28-19/h4-5,10-13,16H,6-9,14-15H2,1-3H3/p+2. The van der Waals surface area contributed by atoms with E-state index >= 15 is 0 Å². The summed E-state index contributed by atoms with van der Waals surface area (Å²) >= 11 is 1.85. The second kappa shape index (κ2) is 8.19. The minimum atomic E-state index is -0.236. The van der Waals surface area contributed by atoms with Gasteiger partial charge in [-0.05, 0) is 47.5 Å². The summed E-state index contributed by atoms with van der Waals surface area (Å²) in [6, 6.07) is 10.4. The first-order valence-electron chi connectivity index (χ1n) is 10.3. The Morgan fingerprint density at radius 2 is 1.79 bits per heavy atom. The molecule has 148 valence electrons. The van der Waals surface area contributed by atoms with Crippen molar-refractivity contribution in [2.45, 2.75) is 39.8 Å². The van der Waals surface area contributed by atoms with Crippen molar-refractivity contribution in [3.8, 4) is 0 Å². The number of fused-ring (bicyclic) bond motifs is 1. The maximum Gasteiger partial charge on any atom is 0.336 e. The maximum atomic E-state index is 12.1. The minimum absolute atomic E-state index is 0.236. The van der Waals surface area contributed by atoms with E-state index in [4.69, 9.17) is 4.42 Å². The largest absolute Gasteiger partial charge is 0.423 e. The Morgan fingerprint density at radius 1 is 1.07 bits per heavy atom. The molecule has 0 saturated carbocycles. The molecule has 1 aromatic carbocycles. The molecule has 0 unspecified atom stereocenters. The first-order valence-corrected chi connectivity index (χ1v) is 11.1. The molecule has 0 radical (unpaired) electrons. The monoisotopic (exact) mass is 398 g/mol. The van der Waals surface area contributed by atoms with Crippen LogP contribution in [0.5, 0.6) is 0 Å². The van der Waals surface area contributed by atoms with Crippen LogP contribution >= 0.6 is 11.3 Å². The molecular weight excluding hydrogens is 368 g/mol. The fourth-order valence-electron chi connectivity index (χ4n) is 4.40. The zero-order valence-corrected chi connectivity index (χ0v) is 17.8. The molecule has 3 aromatic rings. The second-order valence-corrected chi connectivity index (χ2v) is 9.42. The van der Waals surface area contributed by atoms with Crippen LogP contribution < -0.4 is 15.4 Å². The number of quaternary nitrogens is 2. The van der Waals surface area contributed by atoms with Crippen molar-refractivity contribution < 1.29 is 14.2 Å². The summed E-state index contributed by atoms with van der Waals surface area (Å²) in [5, 5.41) is 3.27. The van der Waals surface area contributed by atoms with Crippen molar-refractivity contribution in [2.75, 3.05) is 26.2 Å². The number of aryl methyl sites for hydroxylation is 1.